The lowest BCUT2D eigenvalue weighted by atomic mass is 10.1. The van der Waals surface area contributed by atoms with Gasteiger partial charge in [0.1, 0.15) is 11.8 Å². The van der Waals surface area contributed by atoms with Crippen LogP contribution in [0.15, 0.2) is 24.3 Å². The molecular formula is C17H24N2O3S. The molecule has 0 bridgehead atoms. The fourth-order valence-electron chi connectivity index (χ4n) is 2.41. The number of methoxy groups -OCH3 is 1. The van der Waals surface area contributed by atoms with Gasteiger partial charge in [-0.05, 0) is 31.0 Å². The average Bonchev–Trinajstić information content (AvgIpc) is 3.04. The fourth-order valence-corrected chi connectivity index (χ4v) is 3.59. The first-order chi connectivity index (χ1) is 11.0. The zero-order valence-electron chi connectivity index (χ0n) is 13.9. The molecule has 0 aromatic heterocycles. The summed E-state index contributed by atoms with van der Waals surface area (Å²) in [5, 5.41) is 2.97. The molecule has 0 aliphatic carbocycles. The van der Waals surface area contributed by atoms with Gasteiger partial charge in [-0.1, -0.05) is 19.1 Å². The molecule has 126 valence electrons. The van der Waals surface area contributed by atoms with E-state index in [1.54, 1.807) is 23.8 Å². The van der Waals surface area contributed by atoms with Crippen molar-refractivity contribution >= 4 is 23.6 Å². The molecule has 2 amide bonds. The van der Waals surface area contributed by atoms with Crippen LogP contribution in [-0.4, -0.2) is 47.5 Å². The topological polar surface area (TPSA) is 58.6 Å². The van der Waals surface area contributed by atoms with Crippen LogP contribution in [0.1, 0.15) is 25.8 Å². The molecule has 2 atom stereocenters. The lowest BCUT2D eigenvalue weighted by Crippen LogP contribution is -2.49. The smallest absolute Gasteiger partial charge is 0.243 e. The summed E-state index contributed by atoms with van der Waals surface area (Å²) in [4.78, 5) is 26.6. The van der Waals surface area contributed by atoms with Crippen molar-refractivity contribution in [1.82, 2.24) is 10.2 Å². The second-order valence-electron chi connectivity index (χ2n) is 5.73. The molecule has 1 aliphatic rings. The number of rotatable bonds is 6. The Balaban J connectivity index is 2.01. The highest BCUT2D eigenvalue weighted by Gasteiger charge is 2.34. The molecule has 23 heavy (non-hydrogen) atoms. The quantitative estimate of drug-likeness (QED) is 0.864. The summed E-state index contributed by atoms with van der Waals surface area (Å²) in [6.07, 6.45) is 1.16. The van der Waals surface area contributed by atoms with E-state index in [1.807, 2.05) is 38.1 Å². The average molecular weight is 336 g/mol. The molecule has 1 aromatic rings. The van der Waals surface area contributed by atoms with Crippen molar-refractivity contribution in [2.45, 2.75) is 38.8 Å². The van der Waals surface area contributed by atoms with E-state index >= 15 is 0 Å². The third-order valence-electron chi connectivity index (χ3n) is 4.00. The first kappa shape index (κ1) is 17.7. The van der Waals surface area contributed by atoms with Gasteiger partial charge in [0.2, 0.25) is 11.8 Å². The maximum atomic E-state index is 12.6. The highest BCUT2D eigenvalue weighted by molar-refractivity contribution is 7.99. The van der Waals surface area contributed by atoms with E-state index in [9.17, 15) is 9.59 Å². The Morgan fingerprint density at radius 2 is 2.26 bits per heavy atom. The van der Waals surface area contributed by atoms with Crippen LogP contribution in [0.4, 0.5) is 0 Å². The van der Waals surface area contributed by atoms with Crippen LogP contribution in [-0.2, 0) is 16.0 Å². The van der Waals surface area contributed by atoms with Crippen LogP contribution in [0.25, 0.3) is 0 Å². The van der Waals surface area contributed by atoms with Gasteiger partial charge in [0.05, 0.1) is 19.4 Å². The van der Waals surface area contributed by atoms with Crippen molar-refractivity contribution in [1.29, 1.82) is 0 Å². The number of hydrogen-bond donors (Lipinski definition) is 1. The number of carbonyl (C=O) groups excluding carboxylic acids is 2. The molecule has 1 N–H and O–H groups in total. The summed E-state index contributed by atoms with van der Waals surface area (Å²) >= 11 is 1.62. The van der Waals surface area contributed by atoms with Gasteiger partial charge in [0, 0.05) is 11.8 Å². The normalized spacial score (nSPS) is 18.6. The lowest BCUT2D eigenvalue weighted by molar-refractivity contribution is -0.137. The summed E-state index contributed by atoms with van der Waals surface area (Å²) in [5.74, 6) is 1.89. The van der Waals surface area contributed by atoms with Gasteiger partial charge in [-0.2, -0.15) is 0 Å². The molecule has 6 heteroatoms. The second-order valence-corrected chi connectivity index (χ2v) is 6.73. The van der Waals surface area contributed by atoms with E-state index in [2.05, 4.69) is 5.32 Å². The molecule has 1 saturated heterocycles. The Morgan fingerprint density at radius 3 is 2.96 bits per heavy atom. The Hall–Kier alpha value is -1.69. The molecule has 0 unspecified atom stereocenters. The maximum Gasteiger partial charge on any atom is 0.243 e. The van der Waals surface area contributed by atoms with Crippen molar-refractivity contribution in [3.8, 4) is 5.75 Å². The molecule has 1 heterocycles. The minimum Gasteiger partial charge on any atom is -0.497 e. The van der Waals surface area contributed by atoms with Gasteiger partial charge in [0.25, 0.3) is 0 Å². The molecule has 1 fully saturated rings. The summed E-state index contributed by atoms with van der Waals surface area (Å²) in [6, 6.07) is 7.23. The predicted octanol–water partition coefficient (Wildman–Crippen LogP) is 2.05. The first-order valence-electron chi connectivity index (χ1n) is 7.85. The third-order valence-corrected chi connectivity index (χ3v) is 5.01. The third kappa shape index (κ3) is 4.64. The Labute approximate surface area is 141 Å². The summed E-state index contributed by atoms with van der Waals surface area (Å²) in [5.41, 5.74) is 0.896. The van der Waals surface area contributed by atoms with E-state index in [0.717, 1.165) is 17.7 Å². The minimum absolute atomic E-state index is 0.0208. The van der Waals surface area contributed by atoms with Crippen LogP contribution in [0, 0.1) is 0 Å². The molecule has 1 aromatic carbocycles. The van der Waals surface area contributed by atoms with Crippen molar-refractivity contribution in [3.63, 3.8) is 0 Å². The number of carbonyl (C=O) groups is 2. The monoisotopic (exact) mass is 336 g/mol. The highest BCUT2D eigenvalue weighted by atomic mass is 32.2. The molecule has 5 nitrogen and oxygen atoms in total. The van der Waals surface area contributed by atoms with Crippen molar-refractivity contribution in [2.75, 3.05) is 18.7 Å². The Kier molecular flexibility index (Phi) is 6.33. The zero-order valence-corrected chi connectivity index (χ0v) is 14.7. The predicted molar refractivity (Wildman–Crippen MR) is 92.6 cm³/mol. The second kappa shape index (κ2) is 8.24. The number of amides is 2. The number of thioether (sulfide) groups is 1. The van der Waals surface area contributed by atoms with Gasteiger partial charge >= 0.3 is 0 Å². The highest BCUT2D eigenvalue weighted by Crippen LogP contribution is 2.23. The Morgan fingerprint density at radius 1 is 1.48 bits per heavy atom. The molecule has 2 rings (SSSR count). The maximum absolute atomic E-state index is 12.6. The first-order valence-corrected chi connectivity index (χ1v) is 9.01. The van der Waals surface area contributed by atoms with Gasteiger partial charge in [-0.3, -0.25) is 9.59 Å². The lowest BCUT2D eigenvalue weighted by Gasteiger charge is -2.24. The summed E-state index contributed by atoms with van der Waals surface area (Å²) in [6.45, 7) is 4.00. The van der Waals surface area contributed by atoms with Crippen LogP contribution < -0.4 is 10.1 Å². The Bertz CT molecular complexity index is 565. The van der Waals surface area contributed by atoms with Crippen molar-refractivity contribution in [3.05, 3.63) is 29.8 Å². The van der Waals surface area contributed by atoms with Gasteiger partial charge in [0.15, 0.2) is 0 Å². The van der Waals surface area contributed by atoms with Crippen LogP contribution >= 0.6 is 11.8 Å². The van der Waals surface area contributed by atoms with E-state index in [4.69, 9.17) is 4.74 Å². The molecular weight excluding hydrogens is 312 g/mol. The van der Waals surface area contributed by atoms with Gasteiger partial charge in [-0.25, -0.2) is 0 Å². The molecule has 0 radical (unpaired) electrons. The largest absolute Gasteiger partial charge is 0.497 e. The van der Waals surface area contributed by atoms with E-state index in [-0.39, 0.29) is 30.3 Å². The number of nitrogens with one attached hydrogen (secondary N) is 1. The number of nitrogens with zero attached hydrogens (tertiary/aromatic N) is 1. The van der Waals surface area contributed by atoms with Crippen molar-refractivity contribution < 1.29 is 14.3 Å². The number of ether oxygens (including phenoxy) is 1. The van der Waals surface area contributed by atoms with Gasteiger partial charge < -0.3 is 15.0 Å². The zero-order chi connectivity index (χ0) is 16.8. The number of benzene rings is 1. The standard InChI is InChI=1S/C17H24N2O3S/c1-4-12(2)18-17(21)15-10-23-11-19(15)16(20)9-13-6-5-7-14(8-13)22-3/h5-8,12,15H,4,9-11H2,1-3H3,(H,18,21)/t12-,15+/m0/s1. The minimum atomic E-state index is -0.368. The van der Waals surface area contributed by atoms with Crippen LogP contribution in [0.3, 0.4) is 0 Å². The molecule has 1 aliphatic heterocycles. The van der Waals surface area contributed by atoms with Crippen LogP contribution in [0.2, 0.25) is 0 Å². The van der Waals surface area contributed by atoms with E-state index in [1.165, 1.54) is 0 Å². The fraction of sp³-hybridized carbons (Fsp3) is 0.529. The summed E-state index contributed by atoms with van der Waals surface area (Å²) < 4.78 is 5.18. The van der Waals surface area contributed by atoms with Crippen LogP contribution in [0.5, 0.6) is 5.75 Å². The number of hydrogen-bond acceptors (Lipinski definition) is 4. The SMILES string of the molecule is CC[C@H](C)NC(=O)[C@H]1CSCN1C(=O)Cc1cccc(OC)c1. The summed E-state index contributed by atoms with van der Waals surface area (Å²) in [7, 11) is 1.60. The van der Waals surface area contributed by atoms with E-state index in [0.29, 0.717) is 11.6 Å². The van der Waals surface area contributed by atoms with Gasteiger partial charge in [-0.15, -0.1) is 11.8 Å². The van der Waals surface area contributed by atoms with Crippen molar-refractivity contribution in [2.24, 2.45) is 0 Å². The molecule has 0 saturated carbocycles. The molecule has 0 spiro atoms. The van der Waals surface area contributed by atoms with E-state index < -0.39 is 0 Å².